The summed E-state index contributed by atoms with van der Waals surface area (Å²) in [5.41, 5.74) is -0.662. The number of hydrogen-bond donors (Lipinski definition) is 2. The van der Waals surface area contributed by atoms with E-state index < -0.39 is 11.7 Å². The Balaban J connectivity index is 1.79. The Hall–Kier alpha value is -1.27. The van der Waals surface area contributed by atoms with E-state index in [2.05, 4.69) is 7.05 Å². The number of halogens is 3. The SMILES string of the molecule is C[NH+]1CC[NH+](CCOc2cccc(C(F)(F)F)c2)CC1. The fourth-order valence-electron chi connectivity index (χ4n) is 2.36. The van der Waals surface area contributed by atoms with E-state index in [4.69, 9.17) is 4.74 Å². The lowest BCUT2D eigenvalue weighted by molar-refractivity contribution is -1.00. The van der Waals surface area contributed by atoms with E-state index in [9.17, 15) is 13.2 Å². The van der Waals surface area contributed by atoms with Crippen LogP contribution in [-0.2, 0) is 6.18 Å². The number of piperazine rings is 1. The molecule has 0 unspecified atom stereocenters. The van der Waals surface area contributed by atoms with Crippen LogP contribution in [0, 0.1) is 0 Å². The second-order valence-corrected chi connectivity index (χ2v) is 5.33. The maximum Gasteiger partial charge on any atom is 0.416 e. The fourth-order valence-corrected chi connectivity index (χ4v) is 2.36. The zero-order valence-electron chi connectivity index (χ0n) is 11.6. The van der Waals surface area contributed by atoms with Crippen LogP contribution < -0.4 is 14.5 Å². The molecule has 0 spiro atoms. The first-order valence-corrected chi connectivity index (χ1v) is 6.90. The summed E-state index contributed by atoms with van der Waals surface area (Å²) in [4.78, 5) is 3.00. The van der Waals surface area contributed by atoms with E-state index in [0.29, 0.717) is 12.4 Å². The van der Waals surface area contributed by atoms with E-state index >= 15 is 0 Å². The van der Waals surface area contributed by atoms with Crippen molar-refractivity contribution in [1.29, 1.82) is 0 Å². The maximum atomic E-state index is 12.6. The molecule has 0 amide bonds. The molecule has 1 heterocycles. The van der Waals surface area contributed by atoms with Crippen LogP contribution in [0.2, 0.25) is 0 Å². The van der Waals surface area contributed by atoms with Gasteiger partial charge in [0, 0.05) is 0 Å². The molecule has 0 bridgehead atoms. The number of benzene rings is 1. The third-order valence-corrected chi connectivity index (χ3v) is 3.70. The van der Waals surface area contributed by atoms with Crippen LogP contribution in [0.3, 0.4) is 0 Å². The third-order valence-electron chi connectivity index (χ3n) is 3.70. The van der Waals surface area contributed by atoms with Crippen LogP contribution in [0.5, 0.6) is 5.75 Å². The van der Waals surface area contributed by atoms with Crippen LogP contribution >= 0.6 is 0 Å². The van der Waals surface area contributed by atoms with E-state index in [1.807, 2.05) is 0 Å². The molecule has 1 aromatic rings. The summed E-state index contributed by atoms with van der Waals surface area (Å²) in [6, 6.07) is 5.06. The molecule has 1 aliphatic heterocycles. The highest BCUT2D eigenvalue weighted by Crippen LogP contribution is 2.31. The van der Waals surface area contributed by atoms with Gasteiger partial charge in [-0.15, -0.1) is 0 Å². The minimum atomic E-state index is -4.31. The first-order valence-electron chi connectivity index (χ1n) is 6.90. The lowest BCUT2D eigenvalue weighted by Gasteiger charge is -2.27. The predicted molar refractivity (Wildman–Crippen MR) is 69.1 cm³/mol. The molecule has 6 heteroatoms. The van der Waals surface area contributed by atoms with Gasteiger partial charge in [0.2, 0.25) is 0 Å². The molecular formula is C14H21F3N2O+2. The number of nitrogens with one attached hydrogen (secondary N) is 2. The van der Waals surface area contributed by atoms with Crippen molar-refractivity contribution >= 4 is 0 Å². The molecule has 112 valence electrons. The Bertz CT molecular complexity index is 429. The van der Waals surface area contributed by atoms with E-state index in [1.165, 1.54) is 15.9 Å². The molecule has 1 aliphatic rings. The van der Waals surface area contributed by atoms with Crippen LogP contribution in [0.4, 0.5) is 13.2 Å². The molecule has 20 heavy (non-hydrogen) atoms. The smallest absolute Gasteiger partial charge is 0.416 e. The lowest BCUT2D eigenvalue weighted by atomic mass is 10.2. The van der Waals surface area contributed by atoms with Crippen molar-refractivity contribution in [3.8, 4) is 5.75 Å². The summed E-state index contributed by atoms with van der Waals surface area (Å²) < 4.78 is 43.1. The van der Waals surface area contributed by atoms with Gasteiger partial charge in [0.1, 0.15) is 45.1 Å². The molecule has 0 saturated carbocycles. The van der Waals surface area contributed by atoms with Crippen molar-refractivity contribution in [3.63, 3.8) is 0 Å². The molecule has 0 aromatic heterocycles. The molecule has 1 aromatic carbocycles. The number of ether oxygens (including phenoxy) is 1. The van der Waals surface area contributed by atoms with Crippen molar-refractivity contribution in [1.82, 2.24) is 0 Å². The fraction of sp³-hybridized carbons (Fsp3) is 0.571. The first kappa shape index (κ1) is 15.1. The molecule has 0 radical (unpaired) electrons. The molecule has 0 aliphatic carbocycles. The van der Waals surface area contributed by atoms with E-state index in [1.54, 1.807) is 6.07 Å². The van der Waals surface area contributed by atoms with Crippen molar-refractivity contribution in [2.24, 2.45) is 0 Å². The summed E-state index contributed by atoms with van der Waals surface area (Å²) in [6.07, 6.45) is -4.31. The largest absolute Gasteiger partial charge is 0.488 e. The highest BCUT2D eigenvalue weighted by Gasteiger charge is 2.30. The second kappa shape index (κ2) is 6.45. The number of hydrogen-bond acceptors (Lipinski definition) is 1. The Morgan fingerprint density at radius 2 is 1.85 bits per heavy atom. The third kappa shape index (κ3) is 4.38. The van der Waals surface area contributed by atoms with Gasteiger partial charge >= 0.3 is 6.18 Å². The average Bonchev–Trinajstić information content (AvgIpc) is 2.40. The van der Waals surface area contributed by atoms with Crippen molar-refractivity contribution in [2.75, 3.05) is 46.4 Å². The number of likely N-dealkylation sites (N-methyl/N-ethyl adjacent to an activating group) is 1. The van der Waals surface area contributed by atoms with Crippen molar-refractivity contribution < 1.29 is 27.7 Å². The minimum Gasteiger partial charge on any atom is -0.488 e. The topological polar surface area (TPSA) is 18.1 Å². The van der Waals surface area contributed by atoms with Crippen LogP contribution in [-0.4, -0.2) is 46.4 Å². The van der Waals surface area contributed by atoms with Crippen molar-refractivity contribution in [2.45, 2.75) is 6.18 Å². The van der Waals surface area contributed by atoms with Crippen LogP contribution in [0.1, 0.15) is 5.56 Å². The van der Waals surface area contributed by atoms with Gasteiger partial charge in [-0.05, 0) is 18.2 Å². The number of quaternary nitrogens is 2. The molecule has 1 fully saturated rings. The molecule has 2 N–H and O–H groups in total. The highest BCUT2D eigenvalue weighted by molar-refractivity contribution is 5.30. The maximum absolute atomic E-state index is 12.6. The van der Waals surface area contributed by atoms with Gasteiger partial charge in [-0.3, -0.25) is 0 Å². The first-order chi connectivity index (χ1) is 9.45. The molecule has 0 atom stereocenters. The molecule has 2 rings (SSSR count). The van der Waals surface area contributed by atoms with Gasteiger partial charge in [0.05, 0.1) is 12.6 Å². The average molecular weight is 290 g/mol. The summed E-state index contributed by atoms with van der Waals surface area (Å²) >= 11 is 0. The van der Waals surface area contributed by atoms with Gasteiger partial charge in [-0.2, -0.15) is 13.2 Å². The lowest BCUT2D eigenvalue weighted by Crippen LogP contribution is -3.27. The Labute approximate surface area is 116 Å². The second-order valence-electron chi connectivity index (χ2n) is 5.33. The standard InChI is InChI=1S/C14H19F3N2O/c1-18-5-7-19(8-6-18)9-10-20-13-4-2-3-12(11-13)14(15,16)17/h2-4,11H,5-10H2,1H3/p+2. The van der Waals surface area contributed by atoms with Crippen LogP contribution in [0.15, 0.2) is 24.3 Å². The number of rotatable bonds is 4. The Kier molecular flexibility index (Phi) is 4.88. The zero-order chi connectivity index (χ0) is 14.6. The number of alkyl halides is 3. The Morgan fingerprint density at radius 1 is 1.15 bits per heavy atom. The molecule has 1 saturated heterocycles. The van der Waals surface area contributed by atoms with E-state index in [-0.39, 0.29) is 0 Å². The van der Waals surface area contributed by atoms with Gasteiger partial charge in [-0.25, -0.2) is 0 Å². The van der Waals surface area contributed by atoms with Crippen LogP contribution in [0.25, 0.3) is 0 Å². The van der Waals surface area contributed by atoms with Gasteiger partial charge in [0.25, 0.3) is 0 Å². The summed E-state index contributed by atoms with van der Waals surface area (Å²) in [5.74, 6) is 0.291. The summed E-state index contributed by atoms with van der Waals surface area (Å²) in [5, 5.41) is 0. The van der Waals surface area contributed by atoms with Gasteiger partial charge in [0.15, 0.2) is 0 Å². The van der Waals surface area contributed by atoms with Crippen molar-refractivity contribution in [3.05, 3.63) is 29.8 Å². The molecular weight excluding hydrogens is 269 g/mol. The van der Waals surface area contributed by atoms with Gasteiger partial charge in [-0.1, -0.05) is 6.07 Å². The summed E-state index contributed by atoms with van der Waals surface area (Å²) in [6.45, 7) is 5.76. The van der Waals surface area contributed by atoms with E-state index in [0.717, 1.165) is 44.9 Å². The Morgan fingerprint density at radius 3 is 2.50 bits per heavy atom. The quantitative estimate of drug-likeness (QED) is 0.765. The minimum absolute atomic E-state index is 0.291. The monoisotopic (exact) mass is 290 g/mol. The zero-order valence-corrected chi connectivity index (χ0v) is 11.6. The molecule has 3 nitrogen and oxygen atoms in total. The summed E-state index contributed by atoms with van der Waals surface area (Å²) in [7, 11) is 2.18. The highest BCUT2D eigenvalue weighted by atomic mass is 19.4. The normalized spacial score (nSPS) is 23.6. The predicted octanol–water partition coefficient (Wildman–Crippen LogP) is -0.503. The van der Waals surface area contributed by atoms with Gasteiger partial charge < -0.3 is 14.5 Å².